The first kappa shape index (κ1) is 12.5. The number of para-hydroxylation sites is 1. The maximum atomic E-state index is 12.5. The number of benzene rings is 2. The summed E-state index contributed by atoms with van der Waals surface area (Å²) < 4.78 is 0. The minimum atomic E-state index is -0.00282. The van der Waals surface area contributed by atoms with Crippen molar-refractivity contribution in [3.05, 3.63) is 65.9 Å². The van der Waals surface area contributed by atoms with Gasteiger partial charge in [0.15, 0.2) is 0 Å². The molecular formula is C17H16N2O. The quantitative estimate of drug-likeness (QED) is 0.751. The third-order valence-corrected chi connectivity index (χ3v) is 3.45. The lowest BCUT2D eigenvalue weighted by Crippen LogP contribution is -2.25. The minimum absolute atomic E-state index is 0.00282. The summed E-state index contributed by atoms with van der Waals surface area (Å²) in [5.41, 5.74) is 3.74. The zero-order valence-corrected chi connectivity index (χ0v) is 11.6. The van der Waals surface area contributed by atoms with Gasteiger partial charge >= 0.3 is 0 Å². The van der Waals surface area contributed by atoms with E-state index in [9.17, 15) is 4.79 Å². The first-order chi connectivity index (χ1) is 9.65. The topological polar surface area (TPSA) is 36.1 Å². The van der Waals surface area contributed by atoms with E-state index in [-0.39, 0.29) is 5.91 Å². The van der Waals surface area contributed by atoms with Crippen molar-refractivity contribution in [2.45, 2.75) is 6.92 Å². The van der Waals surface area contributed by atoms with Gasteiger partial charge in [0.2, 0.25) is 0 Å². The van der Waals surface area contributed by atoms with E-state index in [0.717, 1.165) is 22.3 Å². The standard InChI is InChI=1S/C17H16N2O/c1-12-10-14-11-13(8-9-16(14)18-12)17(20)19(2)15-6-4-3-5-7-15/h3-11,18H,1-2H3. The van der Waals surface area contributed by atoms with Gasteiger partial charge in [-0.15, -0.1) is 0 Å². The van der Waals surface area contributed by atoms with Gasteiger partial charge < -0.3 is 9.88 Å². The Hall–Kier alpha value is -2.55. The van der Waals surface area contributed by atoms with Gasteiger partial charge in [-0.3, -0.25) is 4.79 Å². The molecule has 0 aliphatic carbocycles. The van der Waals surface area contributed by atoms with Crippen LogP contribution in [0.25, 0.3) is 10.9 Å². The van der Waals surface area contributed by atoms with Crippen LogP contribution in [0.4, 0.5) is 5.69 Å². The second-order valence-electron chi connectivity index (χ2n) is 4.95. The summed E-state index contributed by atoms with van der Waals surface area (Å²) in [6.45, 7) is 2.01. The maximum absolute atomic E-state index is 12.5. The molecule has 0 saturated heterocycles. The van der Waals surface area contributed by atoms with Crippen molar-refractivity contribution in [1.82, 2.24) is 4.98 Å². The molecule has 0 fully saturated rings. The third kappa shape index (κ3) is 2.18. The molecule has 3 aromatic rings. The number of carbonyl (C=O) groups excluding carboxylic acids is 1. The maximum Gasteiger partial charge on any atom is 0.258 e. The van der Waals surface area contributed by atoms with Gasteiger partial charge in [-0.05, 0) is 43.3 Å². The average molecular weight is 264 g/mol. The molecule has 0 aliphatic heterocycles. The number of anilines is 1. The zero-order valence-electron chi connectivity index (χ0n) is 11.6. The number of amides is 1. The van der Waals surface area contributed by atoms with Crippen LogP contribution in [0, 0.1) is 6.92 Å². The van der Waals surface area contributed by atoms with Crippen LogP contribution < -0.4 is 4.90 Å². The van der Waals surface area contributed by atoms with Gasteiger partial charge in [0, 0.05) is 34.9 Å². The number of rotatable bonds is 2. The van der Waals surface area contributed by atoms with E-state index in [1.54, 1.807) is 11.9 Å². The second kappa shape index (κ2) is 4.85. The third-order valence-electron chi connectivity index (χ3n) is 3.45. The number of aromatic amines is 1. The highest BCUT2D eigenvalue weighted by Crippen LogP contribution is 2.20. The van der Waals surface area contributed by atoms with E-state index in [1.165, 1.54) is 0 Å². The highest BCUT2D eigenvalue weighted by atomic mass is 16.2. The number of H-pyrrole nitrogens is 1. The van der Waals surface area contributed by atoms with Gasteiger partial charge in [0.25, 0.3) is 5.91 Å². The number of hydrogen-bond acceptors (Lipinski definition) is 1. The van der Waals surface area contributed by atoms with Crippen molar-refractivity contribution in [2.75, 3.05) is 11.9 Å². The van der Waals surface area contributed by atoms with Gasteiger partial charge in [0.1, 0.15) is 0 Å². The monoisotopic (exact) mass is 264 g/mol. The molecule has 3 heteroatoms. The Morgan fingerprint density at radius 2 is 1.80 bits per heavy atom. The molecule has 100 valence electrons. The molecule has 2 aromatic carbocycles. The van der Waals surface area contributed by atoms with Gasteiger partial charge in [0.05, 0.1) is 0 Å². The van der Waals surface area contributed by atoms with Crippen molar-refractivity contribution >= 4 is 22.5 Å². The van der Waals surface area contributed by atoms with E-state index in [4.69, 9.17) is 0 Å². The van der Waals surface area contributed by atoms with Crippen molar-refractivity contribution in [3.8, 4) is 0 Å². The fourth-order valence-corrected chi connectivity index (χ4v) is 2.37. The fourth-order valence-electron chi connectivity index (χ4n) is 2.37. The number of nitrogens with zero attached hydrogens (tertiary/aromatic N) is 1. The van der Waals surface area contributed by atoms with Crippen LogP contribution in [0.1, 0.15) is 16.1 Å². The highest BCUT2D eigenvalue weighted by molar-refractivity contribution is 6.07. The molecule has 0 aliphatic rings. The first-order valence-electron chi connectivity index (χ1n) is 6.57. The molecule has 0 radical (unpaired) electrons. The molecule has 3 rings (SSSR count). The van der Waals surface area contributed by atoms with E-state index in [2.05, 4.69) is 11.1 Å². The summed E-state index contributed by atoms with van der Waals surface area (Å²) >= 11 is 0. The predicted molar refractivity (Wildman–Crippen MR) is 82.2 cm³/mol. The summed E-state index contributed by atoms with van der Waals surface area (Å²) in [6, 6.07) is 17.4. The number of fused-ring (bicyclic) bond motifs is 1. The van der Waals surface area contributed by atoms with Crippen LogP contribution >= 0.6 is 0 Å². The van der Waals surface area contributed by atoms with Crippen molar-refractivity contribution in [1.29, 1.82) is 0 Å². The summed E-state index contributed by atoms with van der Waals surface area (Å²) in [6.07, 6.45) is 0. The summed E-state index contributed by atoms with van der Waals surface area (Å²) in [7, 11) is 1.80. The molecule has 0 spiro atoms. The van der Waals surface area contributed by atoms with E-state index < -0.39 is 0 Å². The zero-order chi connectivity index (χ0) is 14.1. The predicted octanol–water partition coefficient (Wildman–Crippen LogP) is 3.75. The van der Waals surface area contributed by atoms with Gasteiger partial charge in [-0.2, -0.15) is 0 Å². The SMILES string of the molecule is Cc1cc2cc(C(=O)N(C)c3ccccc3)ccc2[nH]1. The molecule has 0 bridgehead atoms. The molecule has 3 nitrogen and oxygen atoms in total. The summed E-state index contributed by atoms with van der Waals surface area (Å²) in [4.78, 5) is 17.4. The van der Waals surface area contributed by atoms with E-state index >= 15 is 0 Å². The molecule has 1 aromatic heterocycles. The Balaban J connectivity index is 1.95. The number of carbonyl (C=O) groups is 1. The van der Waals surface area contributed by atoms with Crippen LogP contribution in [0.2, 0.25) is 0 Å². The van der Waals surface area contributed by atoms with Crippen LogP contribution in [0.15, 0.2) is 54.6 Å². The van der Waals surface area contributed by atoms with Crippen molar-refractivity contribution in [3.63, 3.8) is 0 Å². The number of aryl methyl sites for hydroxylation is 1. The lowest BCUT2D eigenvalue weighted by atomic mass is 10.1. The minimum Gasteiger partial charge on any atom is -0.359 e. The molecule has 0 atom stereocenters. The Kier molecular flexibility index (Phi) is 3.03. The molecule has 20 heavy (non-hydrogen) atoms. The van der Waals surface area contributed by atoms with Gasteiger partial charge in [-0.25, -0.2) is 0 Å². The average Bonchev–Trinajstić information content (AvgIpc) is 2.85. The Morgan fingerprint density at radius 1 is 1.05 bits per heavy atom. The Bertz CT molecular complexity index is 759. The number of aromatic nitrogens is 1. The van der Waals surface area contributed by atoms with E-state index in [0.29, 0.717) is 5.56 Å². The normalized spacial score (nSPS) is 10.7. The van der Waals surface area contributed by atoms with Gasteiger partial charge in [-0.1, -0.05) is 18.2 Å². The second-order valence-corrected chi connectivity index (χ2v) is 4.95. The first-order valence-corrected chi connectivity index (χ1v) is 6.57. The highest BCUT2D eigenvalue weighted by Gasteiger charge is 2.13. The summed E-state index contributed by atoms with van der Waals surface area (Å²) in [5, 5.41) is 1.06. The van der Waals surface area contributed by atoms with Crippen LogP contribution in [-0.4, -0.2) is 17.9 Å². The largest absolute Gasteiger partial charge is 0.359 e. The fraction of sp³-hybridized carbons (Fsp3) is 0.118. The van der Waals surface area contributed by atoms with Crippen molar-refractivity contribution < 1.29 is 4.79 Å². The smallest absolute Gasteiger partial charge is 0.258 e. The molecule has 0 saturated carbocycles. The van der Waals surface area contributed by atoms with Crippen molar-refractivity contribution in [2.24, 2.45) is 0 Å². The summed E-state index contributed by atoms with van der Waals surface area (Å²) in [5.74, 6) is -0.00282. The van der Waals surface area contributed by atoms with Crippen LogP contribution in [0.3, 0.4) is 0 Å². The number of hydrogen-bond donors (Lipinski definition) is 1. The Labute approximate surface area is 117 Å². The molecule has 1 N–H and O–H groups in total. The molecular weight excluding hydrogens is 248 g/mol. The number of nitrogens with one attached hydrogen (secondary N) is 1. The van der Waals surface area contributed by atoms with E-state index in [1.807, 2.05) is 55.5 Å². The lowest BCUT2D eigenvalue weighted by Gasteiger charge is -2.17. The lowest BCUT2D eigenvalue weighted by molar-refractivity contribution is 0.0993. The molecule has 0 unspecified atom stereocenters. The molecule has 1 amide bonds. The molecule has 1 heterocycles. The Morgan fingerprint density at radius 3 is 2.55 bits per heavy atom. The van der Waals surface area contributed by atoms with Crippen LogP contribution in [0.5, 0.6) is 0 Å². The van der Waals surface area contributed by atoms with Crippen LogP contribution in [-0.2, 0) is 0 Å².